The molecule has 1 fully saturated rings. The third-order valence-corrected chi connectivity index (χ3v) is 3.68. The maximum absolute atomic E-state index is 12.0. The van der Waals surface area contributed by atoms with Gasteiger partial charge in [0.1, 0.15) is 0 Å². The molecule has 0 aromatic rings. The van der Waals surface area contributed by atoms with Crippen LogP contribution in [0.1, 0.15) is 52.9 Å². The normalized spacial score (nSPS) is 19.2. The molecule has 0 spiro atoms. The highest BCUT2D eigenvalue weighted by atomic mass is 16.1. The molecule has 18 heavy (non-hydrogen) atoms. The van der Waals surface area contributed by atoms with Gasteiger partial charge < -0.3 is 11.1 Å². The smallest absolute Gasteiger partial charge is 0.222 e. The molecule has 0 saturated heterocycles. The second kappa shape index (κ2) is 6.53. The Morgan fingerprint density at radius 3 is 2.39 bits per heavy atom. The molecule has 1 amide bonds. The second-order valence-corrected chi connectivity index (χ2v) is 6.50. The molecule has 0 heterocycles. The van der Waals surface area contributed by atoms with E-state index in [1.54, 1.807) is 0 Å². The average Bonchev–Trinajstić information content (AvgIpc) is 2.75. The summed E-state index contributed by atoms with van der Waals surface area (Å²) in [6.45, 7) is 6.56. The fourth-order valence-electron chi connectivity index (χ4n) is 2.69. The minimum absolute atomic E-state index is 0.0998. The van der Waals surface area contributed by atoms with E-state index in [2.05, 4.69) is 17.3 Å². The van der Waals surface area contributed by atoms with Crippen molar-refractivity contribution in [2.24, 2.45) is 5.73 Å². The van der Waals surface area contributed by atoms with Gasteiger partial charge in [-0.2, -0.15) is 0 Å². The predicted molar refractivity (Wildman–Crippen MR) is 75.4 cm³/mol. The van der Waals surface area contributed by atoms with Crippen LogP contribution in [0, 0.1) is 0 Å². The molecule has 0 aromatic heterocycles. The molecule has 1 unspecified atom stereocenters. The number of rotatable bonds is 5. The van der Waals surface area contributed by atoms with Crippen LogP contribution in [0.2, 0.25) is 0 Å². The van der Waals surface area contributed by atoms with E-state index in [1.165, 1.54) is 25.7 Å². The van der Waals surface area contributed by atoms with Gasteiger partial charge in [-0.1, -0.05) is 12.8 Å². The molecule has 106 valence electrons. The summed E-state index contributed by atoms with van der Waals surface area (Å²) in [6, 6.07) is 0.774. The van der Waals surface area contributed by atoms with Crippen molar-refractivity contribution >= 4 is 5.91 Å². The number of likely N-dealkylation sites (N-methyl/N-ethyl adjacent to an activating group) is 1. The van der Waals surface area contributed by atoms with Crippen LogP contribution in [0.15, 0.2) is 0 Å². The van der Waals surface area contributed by atoms with Crippen molar-refractivity contribution in [3.05, 3.63) is 0 Å². The standard InChI is InChI=1S/C14H29N3O/c1-14(2,3)16-13(18)9-12(10-15)17(4)11-7-5-6-8-11/h11-12H,5-10,15H2,1-4H3,(H,16,18). The highest BCUT2D eigenvalue weighted by Crippen LogP contribution is 2.24. The van der Waals surface area contributed by atoms with Gasteiger partial charge in [0.2, 0.25) is 5.91 Å². The van der Waals surface area contributed by atoms with Crippen molar-refractivity contribution in [1.29, 1.82) is 0 Å². The highest BCUT2D eigenvalue weighted by molar-refractivity contribution is 5.77. The van der Waals surface area contributed by atoms with Crippen molar-refractivity contribution in [2.75, 3.05) is 13.6 Å². The fraction of sp³-hybridized carbons (Fsp3) is 0.929. The maximum Gasteiger partial charge on any atom is 0.222 e. The van der Waals surface area contributed by atoms with Gasteiger partial charge in [-0.3, -0.25) is 9.69 Å². The third-order valence-electron chi connectivity index (χ3n) is 3.68. The monoisotopic (exact) mass is 255 g/mol. The molecule has 1 aliphatic rings. The van der Waals surface area contributed by atoms with E-state index in [1.807, 2.05) is 20.8 Å². The Balaban J connectivity index is 2.47. The molecule has 1 rings (SSSR count). The molecule has 1 saturated carbocycles. The largest absolute Gasteiger partial charge is 0.351 e. The zero-order chi connectivity index (χ0) is 13.8. The van der Waals surface area contributed by atoms with Gasteiger partial charge in [0.05, 0.1) is 0 Å². The van der Waals surface area contributed by atoms with Crippen LogP contribution in [0.25, 0.3) is 0 Å². The summed E-state index contributed by atoms with van der Waals surface area (Å²) in [7, 11) is 2.11. The first-order valence-electron chi connectivity index (χ1n) is 7.06. The Kier molecular flexibility index (Phi) is 5.60. The number of nitrogens with two attached hydrogens (primary N) is 1. The van der Waals surface area contributed by atoms with Crippen LogP contribution in [-0.4, -0.2) is 42.0 Å². The molecular weight excluding hydrogens is 226 g/mol. The first-order valence-corrected chi connectivity index (χ1v) is 7.06. The predicted octanol–water partition coefficient (Wildman–Crippen LogP) is 1.49. The van der Waals surface area contributed by atoms with Crippen LogP contribution in [0.4, 0.5) is 0 Å². The topological polar surface area (TPSA) is 58.4 Å². The lowest BCUT2D eigenvalue weighted by atomic mass is 10.1. The van der Waals surface area contributed by atoms with E-state index in [4.69, 9.17) is 5.73 Å². The Hall–Kier alpha value is -0.610. The van der Waals surface area contributed by atoms with Crippen molar-refractivity contribution in [3.8, 4) is 0 Å². The van der Waals surface area contributed by atoms with E-state index in [9.17, 15) is 4.79 Å². The summed E-state index contributed by atoms with van der Waals surface area (Å²) in [6.07, 6.45) is 5.60. The lowest BCUT2D eigenvalue weighted by molar-refractivity contribution is -0.123. The minimum atomic E-state index is -0.165. The van der Waals surface area contributed by atoms with Gasteiger partial charge in [-0.25, -0.2) is 0 Å². The van der Waals surface area contributed by atoms with Gasteiger partial charge in [0, 0.05) is 30.6 Å². The number of hydrogen-bond donors (Lipinski definition) is 2. The first kappa shape index (κ1) is 15.4. The summed E-state index contributed by atoms with van der Waals surface area (Å²) in [5, 5.41) is 3.01. The van der Waals surface area contributed by atoms with Crippen LogP contribution in [0.5, 0.6) is 0 Å². The van der Waals surface area contributed by atoms with E-state index in [0.29, 0.717) is 19.0 Å². The zero-order valence-electron chi connectivity index (χ0n) is 12.3. The van der Waals surface area contributed by atoms with E-state index >= 15 is 0 Å². The quantitative estimate of drug-likeness (QED) is 0.782. The molecule has 4 heteroatoms. The first-order chi connectivity index (χ1) is 8.33. The van der Waals surface area contributed by atoms with Crippen LogP contribution >= 0.6 is 0 Å². The summed E-state index contributed by atoms with van der Waals surface area (Å²) in [5.74, 6) is 0.0998. The number of nitrogens with zero attached hydrogens (tertiary/aromatic N) is 1. The number of carbonyl (C=O) groups is 1. The Morgan fingerprint density at radius 1 is 1.39 bits per heavy atom. The molecule has 3 N–H and O–H groups in total. The van der Waals surface area contributed by atoms with Gasteiger partial charge in [0.25, 0.3) is 0 Å². The fourth-order valence-corrected chi connectivity index (χ4v) is 2.69. The molecule has 0 radical (unpaired) electrons. The second-order valence-electron chi connectivity index (χ2n) is 6.50. The molecule has 1 aliphatic carbocycles. The van der Waals surface area contributed by atoms with E-state index in [0.717, 1.165) is 0 Å². The number of hydrogen-bond acceptors (Lipinski definition) is 3. The average molecular weight is 255 g/mol. The number of amides is 1. The number of nitrogens with one attached hydrogen (secondary N) is 1. The third kappa shape index (κ3) is 4.94. The Labute approximate surface area is 111 Å². The molecule has 4 nitrogen and oxygen atoms in total. The SMILES string of the molecule is CN(C1CCCC1)C(CN)CC(=O)NC(C)(C)C. The summed E-state index contributed by atoms with van der Waals surface area (Å²) >= 11 is 0. The van der Waals surface area contributed by atoms with Crippen molar-refractivity contribution < 1.29 is 4.79 Å². The Morgan fingerprint density at radius 2 is 1.94 bits per heavy atom. The van der Waals surface area contributed by atoms with Crippen LogP contribution in [0.3, 0.4) is 0 Å². The molecule has 0 aliphatic heterocycles. The lowest BCUT2D eigenvalue weighted by Gasteiger charge is -2.32. The van der Waals surface area contributed by atoms with Gasteiger partial charge in [-0.05, 0) is 40.7 Å². The van der Waals surface area contributed by atoms with Gasteiger partial charge in [-0.15, -0.1) is 0 Å². The minimum Gasteiger partial charge on any atom is -0.351 e. The molecule has 0 aromatic carbocycles. The Bertz CT molecular complexity index is 267. The van der Waals surface area contributed by atoms with Gasteiger partial charge in [0.15, 0.2) is 0 Å². The van der Waals surface area contributed by atoms with Crippen molar-refractivity contribution in [2.45, 2.75) is 70.5 Å². The van der Waals surface area contributed by atoms with E-state index in [-0.39, 0.29) is 17.5 Å². The van der Waals surface area contributed by atoms with Crippen LogP contribution in [-0.2, 0) is 4.79 Å². The van der Waals surface area contributed by atoms with Crippen LogP contribution < -0.4 is 11.1 Å². The molecule has 1 atom stereocenters. The number of carbonyl (C=O) groups excluding carboxylic acids is 1. The maximum atomic E-state index is 12.0. The van der Waals surface area contributed by atoms with Crippen molar-refractivity contribution in [1.82, 2.24) is 10.2 Å². The molecule has 0 bridgehead atoms. The lowest BCUT2D eigenvalue weighted by Crippen LogP contribution is -2.48. The molecular formula is C14H29N3O. The van der Waals surface area contributed by atoms with Gasteiger partial charge >= 0.3 is 0 Å². The summed E-state index contributed by atoms with van der Waals surface area (Å²) in [5.41, 5.74) is 5.67. The van der Waals surface area contributed by atoms with E-state index < -0.39 is 0 Å². The summed E-state index contributed by atoms with van der Waals surface area (Å²) in [4.78, 5) is 14.3. The van der Waals surface area contributed by atoms with Crippen molar-refractivity contribution in [3.63, 3.8) is 0 Å². The highest BCUT2D eigenvalue weighted by Gasteiger charge is 2.27. The summed E-state index contributed by atoms with van der Waals surface area (Å²) < 4.78 is 0. The zero-order valence-corrected chi connectivity index (χ0v) is 12.3.